The smallest absolute Gasteiger partial charge is 0.207 e. The number of carbonyl (C=O) groups excluding carboxylic acids is 1. The molecular weight excluding hydrogens is 130 g/mol. The Morgan fingerprint density at radius 1 is 1.80 bits per heavy atom. The van der Waals surface area contributed by atoms with Gasteiger partial charge in [-0.05, 0) is 13.3 Å². The van der Waals surface area contributed by atoms with Gasteiger partial charge >= 0.3 is 0 Å². The van der Waals surface area contributed by atoms with Gasteiger partial charge in [-0.1, -0.05) is 0 Å². The van der Waals surface area contributed by atoms with Crippen LogP contribution in [0.5, 0.6) is 0 Å². The second kappa shape index (κ2) is 3.56. The van der Waals surface area contributed by atoms with Crippen LogP contribution in [0, 0.1) is 5.92 Å². The Labute approximate surface area is 60.7 Å². The molecule has 1 aliphatic heterocycles. The lowest BCUT2D eigenvalue weighted by Crippen LogP contribution is -2.25. The summed E-state index contributed by atoms with van der Waals surface area (Å²) in [5, 5.41) is 2.66. The average molecular weight is 143 g/mol. The predicted molar refractivity (Wildman–Crippen MR) is 37.6 cm³/mol. The quantitative estimate of drug-likeness (QED) is 0.571. The van der Waals surface area contributed by atoms with Gasteiger partial charge in [0.25, 0.3) is 0 Å². The van der Waals surface area contributed by atoms with Crippen LogP contribution < -0.4 is 5.32 Å². The maximum atomic E-state index is 9.92. The van der Waals surface area contributed by atoms with Gasteiger partial charge in [-0.25, -0.2) is 0 Å². The van der Waals surface area contributed by atoms with Crippen molar-refractivity contribution in [2.24, 2.45) is 5.92 Å². The molecule has 3 heteroatoms. The molecule has 0 aromatic heterocycles. The lowest BCUT2D eigenvalue weighted by Gasteiger charge is -2.11. The standard InChI is InChI=1S/C7H13NO2/c1-6-7(2-3-10-6)4-8-5-9/h5-7H,2-4H2,1H3,(H,8,9). The fraction of sp³-hybridized carbons (Fsp3) is 0.857. The molecule has 3 nitrogen and oxygen atoms in total. The minimum absolute atomic E-state index is 0.312. The monoisotopic (exact) mass is 143 g/mol. The summed E-state index contributed by atoms with van der Waals surface area (Å²) in [7, 11) is 0. The average Bonchev–Trinajstić information content (AvgIpc) is 2.31. The lowest BCUT2D eigenvalue weighted by molar-refractivity contribution is -0.109. The first kappa shape index (κ1) is 7.54. The van der Waals surface area contributed by atoms with Crippen LogP contribution in [0.1, 0.15) is 13.3 Å². The normalized spacial score (nSPS) is 32.1. The number of rotatable bonds is 3. The summed E-state index contributed by atoms with van der Waals surface area (Å²) >= 11 is 0. The van der Waals surface area contributed by atoms with Crippen molar-refractivity contribution < 1.29 is 9.53 Å². The minimum Gasteiger partial charge on any atom is -0.378 e. The first-order valence-electron chi connectivity index (χ1n) is 3.63. The van der Waals surface area contributed by atoms with Gasteiger partial charge < -0.3 is 10.1 Å². The van der Waals surface area contributed by atoms with Crippen LogP contribution in [-0.4, -0.2) is 25.7 Å². The third kappa shape index (κ3) is 1.70. The van der Waals surface area contributed by atoms with Gasteiger partial charge in [0.1, 0.15) is 0 Å². The van der Waals surface area contributed by atoms with Crippen LogP contribution in [0.25, 0.3) is 0 Å². The zero-order valence-electron chi connectivity index (χ0n) is 6.17. The molecule has 1 saturated heterocycles. The van der Waals surface area contributed by atoms with Crippen molar-refractivity contribution in [1.29, 1.82) is 0 Å². The van der Waals surface area contributed by atoms with E-state index in [4.69, 9.17) is 4.74 Å². The van der Waals surface area contributed by atoms with Gasteiger partial charge in [0.05, 0.1) is 6.10 Å². The molecule has 0 radical (unpaired) electrons. The molecule has 1 heterocycles. The van der Waals surface area contributed by atoms with E-state index in [1.165, 1.54) is 0 Å². The van der Waals surface area contributed by atoms with Crippen LogP contribution in [-0.2, 0) is 9.53 Å². The van der Waals surface area contributed by atoms with Gasteiger partial charge in [0.15, 0.2) is 0 Å². The van der Waals surface area contributed by atoms with Crippen molar-refractivity contribution in [3.63, 3.8) is 0 Å². The number of amides is 1. The molecule has 0 aromatic rings. The van der Waals surface area contributed by atoms with E-state index in [0.717, 1.165) is 26.0 Å². The maximum Gasteiger partial charge on any atom is 0.207 e. The molecule has 1 N–H and O–H groups in total. The molecule has 1 aliphatic rings. The highest BCUT2D eigenvalue weighted by Gasteiger charge is 2.23. The number of carbonyl (C=O) groups is 1. The summed E-state index contributed by atoms with van der Waals surface area (Å²) in [6.45, 7) is 3.64. The van der Waals surface area contributed by atoms with Crippen molar-refractivity contribution in [2.75, 3.05) is 13.2 Å². The van der Waals surface area contributed by atoms with Crippen molar-refractivity contribution in [2.45, 2.75) is 19.4 Å². The van der Waals surface area contributed by atoms with Crippen molar-refractivity contribution in [1.82, 2.24) is 5.32 Å². The first-order chi connectivity index (χ1) is 4.84. The molecule has 0 spiro atoms. The summed E-state index contributed by atoms with van der Waals surface area (Å²) in [5.74, 6) is 0.519. The van der Waals surface area contributed by atoms with E-state index in [0.29, 0.717) is 12.0 Å². The Hall–Kier alpha value is -0.570. The molecule has 58 valence electrons. The highest BCUT2D eigenvalue weighted by molar-refractivity contribution is 5.45. The minimum atomic E-state index is 0.312. The molecule has 1 amide bonds. The summed E-state index contributed by atoms with van der Waals surface area (Å²) in [5.41, 5.74) is 0. The van der Waals surface area contributed by atoms with E-state index in [2.05, 4.69) is 5.32 Å². The molecule has 0 aromatic carbocycles. The largest absolute Gasteiger partial charge is 0.378 e. The highest BCUT2D eigenvalue weighted by Crippen LogP contribution is 2.18. The van der Waals surface area contributed by atoms with Gasteiger partial charge in [0, 0.05) is 19.1 Å². The first-order valence-corrected chi connectivity index (χ1v) is 3.63. The zero-order valence-corrected chi connectivity index (χ0v) is 6.17. The summed E-state index contributed by atoms with van der Waals surface area (Å²) in [4.78, 5) is 9.92. The second-order valence-corrected chi connectivity index (χ2v) is 2.65. The summed E-state index contributed by atoms with van der Waals surface area (Å²) < 4.78 is 5.31. The molecule has 1 rings (SSSR count). The zero-order chi connectivity index (χ0) is 7.40. The Morgan fingerprint density at radius 2 is 2.60 bits per heavy atom. The van der Waals surface area contributed by atoms with E-state index in [-0.39, 0.29) is 0 Å². The fourth-order valence-electron chi connectivity index (χ4n) is 1.24. The van der Waals surface area contributed by atoms with E-state index in [1.807, 2.05) is 6.92 Å². The SMILES string of the molecule is CC1OCCC1CNC=O. The second-order valence-electron chi connectivity index (χ2n) is 2.65. The maximum absolute atomic E-state index is 9.92. The predicted octanol–water partition coefficient (Wildman–Crippen LogP) is 0.157. The van der Waals surface area contributed by atoms with E-state index in [9.17, 15) is 4.79 Å². The Balaban J connectivity index is 2.19. The molecule has 1 fully saturated rings. The number of ether oxygens (including phenoxy) is 1. The van der Waals surface area contributed by atoms with Gasteiger partial charge in [0.2, 0.25) is 6.41 Å². The van der Waals surface area contributed by atoms with Gasteiger partial charge in [-0.2, -0.15) is 0 Å². The molecule has 0 saturated carbocycles. The summed E-state index contributed by atoms with van der Waals surface area (Å²) in [6, 6.07) is 0. The highest BCUT2D eigenvalue weighted by atomic mass is 16.5. The van der Waals surface area contributed by atoms with E-state index in [1.54, 1.807) is 0 Å². The van der Waals surface area contributed by atoms with Gasteiger partial charge in [-0.3, -0.25) is 4.79 Å². The van der Waals surface area contributed by atoms with Crippen LogP contribution >= 0.6 is 0 Å². The van der Waals surface area contributed by atoms with Crippen LogP contribution in [0.2, 0.25) is 0 Å². The molecule has 10 heavy (non-hydrogen) atoms. The topological polar surface area (TPSA) is 38.3 Å². The molecule has 0 bridgehead atoms. The van der Waals surface area contributed by atoms with Crippen molar-refractivity contribution >= 4 is 6.41 Å². The molecule has 0 aliphatic carbocycles. The van der Waals surface area contributed by atoms with E-state index < -0.39 is 0 Å². The number of nitrogens with one attached hydrogen (secondary N) is 1. The van der Waals surface area contributed by atoms with Crippen LogP contribution in [0.4, 0.5) is 0 Å². The van der Waals surface area contributed by atoms with Gasteiger partial charge in [-0.15, -0.1) is 0 Å². The number of hydrogen-bond acceptors (Lipinski definition) is 2. The fourth-order valence-corrected chi connectivity index (χ4v) is 1.24. The third-order valence-corrected chi connectivity index (χ3v) is 2.00. The number of hydrogen-bond donors (Lipinski definition) is 1. The Kier molecular flexibility index (Phi) is 2.68. The van der Waals surface area contributed by atoms with E-state index >= 15 is 0 Å². The lowest BCUT2D eigenvalue weighted by atomic mass is 10.0. The molecule has 2 unspecified atom stereocenters. The molecule has 2 atom stereocenters. The summed E-state index contributed by atoms with van der Waals surface area (Å²) in [6.07, 6.45) is 2.12. The van der Waals surface area contributed by atoms with Crippen molar-refractivity contribution in [3.8, 4) is 0 Å². The van der Waals surface area contributed by atoms with Crippen LogP contribution in [0.15, 0.2) is 0 Å². The Morgan fingerprint density at radius 3 is 3.10 bits per heavy atom. The third-order valence-electron chi connectivity index (χ3n) is 2.00. The van der Waals surface area contributed by atoms with Crippen molar-refractivity contribution in [3.05, 3.63) is 0 Å². The Bertz CT molecular complexity index is 116. The molecular formula is C7H13NO2. The van der Waals surface area contributed by atoms with Crippen LogP contribution in [0.3, 0.4) is 0 Å².